The SMILES string of the molecule is [CH2]OC(=O)c1cc(C)ccc1C. The van der Waals surface area contributed by atoms with Crippen LogP contribution in [0, 0.1) is 21.0 Å². The molecule has 0 bridgehead atoms. The maximum atomic E-state index is 11.1. The summed E-state index contributed by atoms with van der Waals surface area (Å²) in [6.07, 6.45) is 0. The summed E-state index contributed by atoms with van der Waals surface area (Å²) < 4.78 is 4.38. The monoisotopic (exact) mass is 163 g/mol. The highest BCUT2D eigenvalue weighted by Crippen LogP contribution is 2.11. The summed E-state index contributed by atoms with van der Waals surface area (Å²) in [4.78, 5) is 11.1. The summed E-state index contributed by atoms with van der Waals surface area (Å²) in [5, 5.41) is 0. The van der Waals surface area contributed by atoms with Crippen LogP contribution in [-0.4, -0.2) is 5.97 Å². The van der Waals surface area contributed by atoms with Crippen LogP contribution in [0.2, 0.25) is 0 Å². The highest BCUT2D eigenvalue weighted by molar-refractivity contribution is 5.91. The Balaban J connectivity index is 3.13. The first kappa shape index (κ1) is 8.78. The van der Waals surface area contributed by atoms with Gasteiger partial charge in [-0.1, -0.05) is 17.7 Å². The van der Waals surface area contributed by atoms with Gasteiger partial charge in [-0.15, -0.1) is 0 Å². The molecule has 63 valence electrons. The summed E-state index contributed by atoms with van der Waals surface area (Å²) >= 11 is 0. The molecule has 0 atom stereocenters. The molecule has 0 aliphatic rings. The van der Waals surface area contributed by atoms with Crippen LogP contribution in [0.25, 0.3) is 0 Å². The molecule has 0 N–H and O–H groups in total. The van der Waals surface area contributed by atoms with Gasteiger partial charge < -0.3 is 4.74 Å². The lowest BCUT2D eigenvalue weighted by atomic mass is 10.1. The Hall–Kier alpha value is -1.31. The van der Waals surface area contributed by atoms with Crippen molar-refractivity contribution in [3.8, 4) is 0 Å². The van der Waals surface area contributed by atoms with Gasteiger partial charge in [0.25, 0.3) is 0 Å². The molecular weight excluding hydrogens is 152 g/mol. The Morgan fingerprint density at radius 2 is 2.08 bits per heavy atom. The molecule has 12 heavy (non-hydrogen) atoms. The normalized spacial score (nSPS) is 9.58. The van der Waals surface area contributed by atoms with Crippen LogP contribution in [0.1, 0.15) is 21.5 Å². The minimum atomic E-state index is -0.379. The Morgan fingerprint density at radius 1 is 1.42 bits per heavy atom. The van der Waals surface area contributed by atoms with E-state index in [0.29, 0.717) is 5.56 Å². The number of carbonyl (C=O) groups is 1. The van der Waals surface area contributed by atoms with Crippen molar-refractivity contribution in [2.24, 2.45) is 0 Å². The number of esters is 1. The fraction of sp³-hybridized carbons (Fsp3) is 0.200. The van der Waals surface area contributed by atoms with Gasteiger partial charge >= 0.3 is 5.97 Å². The van der Waals surface area contributed by atoms with Crippen LogP contribution in [0.15, 0.2) is 18.2 Å². The van der Waals surface area contributed by atoms with Gasteiger partial charge in [0.05, 0.1) is 5.56 Å². The molecule has 1 aromatic rings. The summed E-state index contributed by atoms with van der Waals surface area (Å²) in [5.74, 6) is -0.379. The third-order valence-corrected chi connectivity index (χ3v) is 1.74. The molecule has 0 heterocycles. The fourth-order valence-electron chi connectivity index (χ4n) is 1.03. The maximum absolute atomic E-state index is 11.1. The Labute approximate surface area is 72.2 Å². The van der Waals surface area contributed by atoms with Gasteiger partial charge in [0.1, 0.15) is 7.11 Å². The first-order valence-electron chi connectivity index (χ1n) is 3.68. The van der Waals surface area contributed by atoms with Crippen molar-refractivity contribution in [2.45, 2.75) is 13.8 Å². The predicted molar refractivity (Wildman–Crippen MR) is 46.7 cm³/mol. The van der Waals surface area contributed by atoms with E-state index >= 15 is 0 Å². The standard InChI is InChI=1S/C10H11O2/c1-7-4-5-8(2)9(6-7)10(11)12-3/h4-6H,3H2,1-2H3. The highest BCUT2D eigenvalue weighted by atomic mass is 16.5. The predicted octanol–water partition coefficient (Wildman–Crippen LogP) is 2.25. The zero-order chi connectivity index (χ0) is 9.14. The Kier molecular flexibility index (Phi) is 2.48. The molecule has 0 aliphatic carbocycles. The smallest absolute Gasteiger partial charge is 0.338 e. The number of aryl methyl sites for hydroxylation is 2. The molecule has 1 radical (unpaired) electrons. The van der Waals surface area contributed by atoms with Crippen LogP contribution in [-0.2, 0) is 4.74 Å². The van der Waals surface area contributed by atoms with Crippen molar-refractivity contribution in [1.29, 1.82) is 0 Å². The Morgan fingerprint density at radius 3 is 2.67 bits per heavy atom. The third kappa shape index (κ3) is 1.64. The molecule has 1 rings (SSSR count). The number of carbonyl (C=O) groups excluding carboxylic acids is 1. The lowest BCUT2D eigenvalue weighted by molar-refractivity contribution is 0.0653. The summed E-state index contributed by atoms with van der Waals surface area (Å²) in [6.45, 7) is 3.80. The van der Waals surface area contributed by atoms with Crippen LogP contribution >= 0.6 is 0 Å². The maximum Gasteiger partial charge on any atom is 0.338 e. The number of hydrogen-bond acceptors (Lipinski definition) is 2. The second kappa shape index (κ2) is 3.39. The largest absolute Gasteiger partial charge is 0.458 e. The van der Waals surface area contributed by atoms with Crippen molar-refractivity contribution >= 4 is 5.97 Å². The van der Waals surface area contributed by atoms with Crippen molar-refractivity contribution < 1.29 is 9.53 Å². The van der Waals surface area contributed by atoms with E-state index in [2.05, 4.69) is 11.8 Å². The molecule has 0 spiro atoms. The van der Waals surface area contributed by atoms with E-state index in [1.54, 1.807) is 6.07 Å². The number of hydrogen-bond donors (Lipinski definition) is 0. The minimum Gasteiger partial charge on any atom is -0.458 e. The molecule has 0 unspecified atom stereocenters. The van der Waals surface area contributed by atoms with Crippen molar-refractivity contribution in [3.63, 3.8) is 0 Å². The number of rotatable bonds is 1. The van der Waals surface area contributed by atoms with Gasteiger partial charge in [-0.25, -0.2) is 4.79 Å². The first-order valence-corrected chi connectivity index (χ1v) is 3.68. The van der Waals surface area contributed by atoms with Crippen molar-refractivity contribution in [2.75, 3.05) is 0 Å². The van der Waals surface area contributed by atoms with E-state index in [1.165, 1.54) is 0 Å². The van der Waals surface area contributed by atoms with Gasteiger partial charge in [0.15, 0.2) is 0 Å². The average molecular weight is 163 g/mol. The van der Waals surface area contributed by atoms with E-state index < -0.39 is 0 Å². The lowest BCUT2D eigenvalue weighted by Crippen LogP contribution is -2.02. The quantitative estimate of drug-likeness (QED) is 0.593. The third-order valence-electron chi connectivity index (χ3n) is 1.74. The Bertz CT molecular complexity index is 303. The summed E-state index contributed by atoms with van der Waals surface area (Å²) in [6, 6.07) is 5.64. The highest BCUT2D eigenvalue weighted by Gasteiger charge is 2.07. The second-order valence-electron chi connectivity index (χ2n) is 2.75. The summed E-state index contributed by atoms with van der Waals surface area (Å²) in [5.41, 5.74) is 2.54. The van der Waals surface area contributed by atoms with Crippen LogP contribution in [0.3, 0.4) is 0 Å². The van der Waals surface area contributed by atoms with E-state index in [1.807, 2.05) is 26.0 Å². The fourth-order valence-corrected chi connectivity index (χ4v) is 1.03. The molecule has 2 heteroatoms. The van der Waals surface area contributed by atoms with Crippen LogP contribution in [0.5, 0.6) is 0 Å². The van der Waals surface area contributed by atoms with Gasteiger partial charge in [0.2, 0.25) is 0 Å². The molecule has 0 saturated heterocycles. The molecule has 0 aliphatic heterocycles. The molecule has 1 aromatic carbocycles. The lowest BCUT2D eigenvalue weighted by Gasteiger charge is -2.03. The molecule has 2 nitrogen and oxygen atoms in total. The molecule has 0 fully saturated rings. The van der Waals surface area contributed by atoms with Gasteiger partial charge in [-0.2, -0.15) is 0 Å². The molecule has 0 aromatic heterocycles. The summed E-state index contributed by atoms with van der Waals surface area (Å²) in [7, 11) is 3.08. The van der Waals surface area contributed by atoms with Crippen LogP contribution < -0.4 is 0 Å². The average Bonchev–Trinajstić information content (AvgIpc) is 2.08. The topological polar surface area (TPSA) is 26.3 Å². The van der Waals surface area contributed by atoms with E-state index in [4.69, 9.17) is 0 Å². The molecule has 0 saturated carbocycles. The van der Waals surface area contributed by atoms with Gasteiger partial charge in [-0.05, 0) is 25.5 Å². The van der Waals surface area contributed by atoms with Gasteiger partial charge in [0, 0.05) is 0 Å². The van der Waals surface area contributed by atoms with Crippen molar-refractivity contribution in [3.05, 3.63) is 42.0 Å². The van der Waals surface area contributed by atoms with E-state index in [-0.39, 0.29) is 5.97 Å². The number of ether oxygens (including phenoxy) is 1. The van der Waals surface area contributed by atoms with Crippen LogP contribution in [0.4, 0.5) is 0 Å². The van der Waals surface area contributed by atoms with Crippen molar-refractivity contribution in [1.82, 2.24) is 0 Å². The number of benzene rings is 1. The second-order valence-corrected chi connectivity index (χ2v) is 2.75. The molecular formula is C10H11O2. The zero-order valence-corrected chi connectivity index (χ0v) is 7.26. The van der Waals surface area contributed by atoms with Gasteiger partial charge in [-0.3, -0.25) is 0 Å². The molecule has 0 amide bonds. The zero-order valence-electron chi connectivity index (χ0n) is 7.26. The minimum absolute atomic E-state index is 0.379. The van der Waals surface area contributed by atoms with E-state index in [0.717, 1.165) is 11.1 Å². The van der Waals surface area contributed by atoms with E-state index in [9.17, 15) is 4.79 Å². The first-order chi connectivity index (χ1) is 5.65.